The van der Waals surface area contributed by atoms with Crippen molar-refractivity contribution in [1.29, 1.82) is 0 Å². The Morgan fingerprint density at radius 3 is 2.23 bits per heavy atom. The van der Waals surface area contributed by atoms with Crippen LogP contribution < -0.4 is 5.32 Å². The van der Waals surface area contributed by atoms with Gasteiger partial charge in [-0.3, -0.25) is 4.79 Å². The number of hydrogen-bond acceptors (Lipinski definition) is 3. The topological polar surface area (TPSA) is 55.4 Å². The monoisotopic (exact) mass is 297 g/mol. The maximum absolute atomic E-state index is 12.2. The molecule has 0 aliphatic heterocycles. The SMILES string of the molecule is Cc1ccccc1C(=O)Nc1ccc(C(=O)OC(C)C)cc1. The first-order valence-corrected chi connectivity index (χ1v) is 7.15. The second kappa shape index (κ2) is 6.89. The van der Waals surface area contributed by atoms with Gasteiger partial charge in [-0.25, -0.2) is 4.79 Å². The lowest BCUT2D eigenvalue weighted by Crippen LogP contribution is -2.14. The normalized spacial score (nSPS) is 10.4. The molecule has 2 rings (SSSR count). The summed E-state index contributed by atoms with van der Waals surface area (Å²) in [6.45, 7) is 5.49. The number of anilines is 1. The van der Waals surface area contributed by atoms with Crippen LogP contribution in [0.15, 0.2) is 48.5 Å². The Kier molecular flexibility index (Phi) is 4.94. The van der Waals surface area contributed by atoms with E-state index in [4.69, 9.17) is 4.74 Å². The molecule has 0 atom stereocenters. The highest BCUT2D eigenvalue weighted by Gasteiger charge is 2.11. The van der Waals surface area contributed by atoms with Crippen LogP contribution in [0.25, 0.3) is 0 Å². The molecule has 0 bridgehead atoms. The molecule has 0 saturated carbocycles. The molecule has 2 aromatic rings. The zero-order chi connectivity index (χ0) is 16.1. The summed E-state index contributed by atoms with van der Waals surface area (Å²) in [5.41, 5.74) is 2.64. The highest BCUT2D eigenvalue weighted by molar-refractivity contribution is 6.05. The molecular weight excluding hydrogens is 278 g/mol. The van der Waals surface area contributed by atoms with Gasteiger partial charge in [0.1, 0.15) is 0 Å². The lowest BCUT2D eigenvalue weighted by atomic mass is 10.1. The molecule has 0 unspecified atom stereocenters. The zero-order valence-electron chi connectivity index (χ0n) is 12.9. The average Bonchev–Trinajstić information content (AvgIpc) is 2.47. The van der Waals surface area contributed by atoms with Crippen molar-refractivity contribution in [3.8, 4) is 0 Å². The molecule has 0 fully saturated rings. The van der Waals surface area contributed by atoms with Crippen LogP contribution in [0.5, 0.6) is 0 Å². The molecule has 0 radical (unpaired) electrons. The summed E-state index contributed by atoms with van der Waals surface area (Å²) in [7, 11) is 0. The van der Waals surface area contributed by atoms with Crippen LogP contribution in [0.1, 0.15) is 40.1 Å². The summed E-state index contributed by atoms with van der Waals surface area (Å²) >= 11 is 0. The standard InChI is InChI=1S/C18H19NO3/c1-12(2)22-18(21)14-8-10-15(11-9-14)19-17(20)16-7-5-4-6-13(16)3/h4-12H,1-3H3,(H,19,20). The second-order valence-electron chi connectivity index (χ2n) is 5.30. The fraction of sp³-hybridized carbons (Fsp3) is 0.222. The van der Waals surface area contributed by atoms with Crippen molar-refractivity contribution in [1.82, 2.24) is 0 Å². The predicted octanol–water partition coefficient (Wildman–Crippen LogP) is 3.81. The minimum Gasteiger partial charge on any atom is -0.459 e. The van der Waals surface area contributed by atoms with Gasteiger partial charge >= 0.3 is 5.97 Å². The van der Waals surface area contributed by atoms with Crippen molar-refractivity contribution in [2.75, 3.05) is 5.32 Å². The molecule has 4 nitrogen and oxygen atoms in total. The van der Waals surface area contributed by atoms with Gasteiger partial charge in [0.15, 0.2) is 0 Å². The van der Waals surface area contributed by atoms with E-state index < -0.39 is 0 Å². The Morgan fingerprint density at radius 1 is 1.00 bits per heavy atom. The molecule has 114 valence electrons. The second-order valence-corrected chi connectivity index (χ2v) is 5.30. The summed E-state index contributed by atoms with van der Waals surface area (Å²) in [4.78, 5) is 23.9. The van der Waals surface area contributed by atoms with Crippen molar-refractivity contribution in [2.45, 2.75) is 26.9 Å². The van der Waals surface area contributed by atoms with Gasteiger partial charge in [0.05, 0.1) is 11.7 Å². The largest absolute Gasteiger partial charge is 0.459 e. The van der Waals surface area contributed by atoms with Crippen LogP contribution in [0, 0.1) is 6.92 Å². The summed E-state index contributed by atoms with van der Waals surface area (Å²) < 4.78 is 5.12. The molecule has 0 heterocycles. The van der Waals surface area contributed by atoms with Crippen LogP contribution >= 0.6 is 0 Å². The number of nitrogens with one attached hydrogen (secondary N) is 1. The van der Waals surface area contributed by atoms with E-state index in [1.54, 1.807) is 44.2 Å². The average molecular weight is 297 g/mol. The molecule has 22 heavy (non-hydrogen) atoms. The van der Waals surface area contributed by atoms with E-state index in [0.717, 1.165) is 5.56 Å². The highest BCUT2D eigenvalue weighted by Crippen LogP contribution is 2.14. The quantitative estimate of drug-likeness (QED) is 0.873. The van der Waals surface area contributed by atoms with Gasteiger partial charge in [0, 0.05) is 11.3 Å². The van der Waals surface area contributed by atoms with E-state index in [1.807, 2.05) is 25.1 Å². The van der Waals surface area contributed by atoms with Gasteiger partial charge in [-0.15, -0.1) is 0 Å². The fourth-order valence-electron chi connectivity index (χ4n) is 2.00. The maximum Gasteiger partial charge on any atom is 0.338 e. The lowest BCUT2D eigenvalue weighted by molar-refractivity contribution is 0.0378. The van der Waals surface area contributed by atoms with E-state index in [1.165, 1.54) is 0 Å². The van der Waals surface area contributed by atoms with Gasteiger partial charge < -0.3 is 10.1 Å². The van der Waals surface area contributed by atoms with Gasteiger partial charge in [-0.05, 0) is 56.7 Å². The molecular formula is C18H19NO3. The van der Waals surface area contributed by atoms with Crippen LogP contribution in [0.3, 0.4) is 0 Å². The van der Waals surface area contributed by atoms with Crippen LogP contribution in [0.2, 0.25) is 0 Å². The Morgan fingerprint density at radius 2 is 1.64 bits per heavy atom. The van der Waals surface area contributed by atoms with Crippen molar-refractivity contribution >= 4 is 17.6 Å². The van der Waals surface area contributed by atoms with E-state index in [9.17, 15) is 9.59 Å². The third kappa shape index (κ3) is 3.95. The van der Waals surface area contributed by atoms with Gasteiger partial charge in [0.25, 0.3) is 5.91 Å². The number of ether oxygens (including phenoxy) is 1. The molecule has 0 spiro atoms. The summed E-state index contributed by atoms with van der Waals surface area (Å²) in [6, 6.07) is 14.0. The molecule has 0 aliphatic rings. The first-order valence-electron chi connectivity index (χ1n) is 7.15. The molecule has 1 N–H and O–H groups in total. The van der Waals surface area contributed by atoms with Crippen molar-refractivity contribution in [3.63, 3.8) is 0 Å². The van der Waals surface area contributed by atoms with Gasteiger partial charge in [-0.1, -0.05) is 18.2 Å². The van der Waals surface area contributed by atoms with Crippen LogP contribution in [-0.4, -0.2) is 18.0 Å². The van der Waals surface area contributed by atoms with Crippen LogP contribution in [0.4, 0.5) is 5.69 Å². The van der Waals surface area contributed by atoms with E-state index in [-0.39, 0.29) is 18.0 Å². The molecule has 0 aromatic heterocycles. The fourth-order valence-corrected chi connectivity index (χ4v) is 2.00. The van der Waals surface area contributed by atoms with E-state index in [2.05, 4.69) is 5.32 Å². The first kappa shape index (κ1) is 15.8. The Bertz CT molecular complexity index is 675. The van der Waals surface area contributed by atoms with Gasteiger partial charge in [0.2, 0.25) is 0 Å². The zero-order valence-corrected chi connectivity index (χ0v) is 12.9. The number of carbonyl (C=O) groups excluding carboxylic acids is 2. The van der Waals surface area contributed by atoms with Crippen molar-refractivity contribution < 1.29 is 14.3 Å². The van der Waals surface area contributed by atoms with Crippen molar-refractivity contribution in [3.05, 3.63) is 65.2 Å². The molecule has 4 heteroatoms. The number of esters is 1. The van der Waals surface area contributed by atoms with Crippen LogP contribution in [-0.2, 0) is 4.74 Å². The number of benzene rings is 2. The minimum absolute atomic E-state index is 0.159. The summed E-state index contributed by atoms with van der Waals surface area (Å²) in [6.07, 6.45) is -0.159. The molecule has 1 amide bonds. The van der Waals surface area contributed by atoms with E-state index in [0.29, 0.717) is 16.8 Å². The maximum atomic E-state index is 12.2. The third-order valence-corrected chi connectivity index (χ3v) is 3.11. The van der Waals surface area contributed by atoms with Gasteiger partial charge in [-0.2, -0.15) is 0 Å². The summed E-state index contributed by atoms with van der Waals surface area (Å²) in [5, 5.41) is 2.81. The molecule has 2 aromatic carbocycles. The third-order valence-electron chi connectivity index (χ3n) is 3.11. The minimum atomic E-state index is -0.369. The number of rotatable bonds is 4. The molecule has 0 saturated heterocycles. The predicted molar refractivity (Wildman–Crippen MR) is 86.1 cm³/mol. The molecule has 0 aliphatic carbocycles. The number of amides is 1. The Balaban J connectivity index is 2.07. The van der Waals surface area contributed by atoms with E-state index >= 15 is 0 Å². The smallest absolute Gasteiger partial charge is 0.338 e. The summed E-state index contributed by atoms with van der Waals surface area (Å²) in [5.74, 6) is -0.539. The number of aryl methyl sites for hydroxylation is 1. The number of hydrogen-bond donors (Lipinski definition) is 1. The lowest BCUT2D eigenvalue weighted by Gasteiger charge is -2.10. The Labute approximate surface area is 130 Å². The first-order chi connectivity index (χ1) is 10.5. The highest BCUT2D eigenvalue weighted by atomic mass is 16.5. The van der Waals surface area contributed by atoms with Crippen molar-refractivity contribution in [2.24, 2.45) is 0 Å². The Hall–Kier alpha value is -2.62. The number of carbonyl (C=O) groups is 2.